The number of fused-ring (bicyclic) bond motifs is 1. The second-order valence-corrected chi connectivity index (χ2v) is 8.20. The Morgan fingerprint density at radius 2 is 1.69 bits per heavy atom. The van der Waals surface area contributed by atoms with E-state index < -0.39 is 17.9 Å². The summed E-state index contributed by atoms with van der Waals surface area (Å²) in [5.41, 5.74) is 9.27. The molecule has 0 atom stereocenters. The predicted octanol–water partition coefficient (Wildman–Crippen LogP) is 5.64. The van der Waals surface area contributed by atoms with Crippen LogP contribution in [-0.2, 0) is 13.7 Å². The van der Waals surface area contributed by atoms with Crippen LogP contribution >= 0.6 is 0 Å². The minimum Gasteiger partial charge on any atom is -0.469 e. The van der Waals surface area contributed by atoms with Gasteiger partial charge in [0.15, 0.2) is 0 Å². The Kier molecular flexibility index (Phi) is 6.01. The summed E-state index contributed by atoms with van der Waals surface area (Å²) >= 11 is 0. The highest BCUT2D eigenvalue weighted by atomic mass is 19.3. The number of nitrogens with two attached hydrogens (primary N) is 1. The number of rotatable bonds is 6. The molecule has 36 heavy (non-hydrogen) atoms. The Hall–Kier alpha value is -4.47. The van der Waals surface area contributed by atoms with Gasteiger partial charge in [-0.2, -0.15) is 4.98 Å². The van der Waals surface area contributed by atoms with Crippen molar-refractivity contribution in [1.29, 1.82) is 0 Å². The van der Waals surface area contributed by atoms with Crippen LogP contribution < -0.4 is 10.5 Å². The van der Waals surface area contributed by atoms with E-state index in [0.29, 0.717) is 33.9 Å². The van der Waals surface area contributed by atoms with E-state index >= 15 is 0 Å². The van der Waals surface area contributed by atoms with Crippen molar-refractivity contribution in [2.45, 2.75) is 20.0 Å². The summed E-state index contributed by atoms with van der Waals surface area (Å²) in [4.78, 5) is 17.2. The SMILES string of the molecule is Cc1cc(-c2c(OCc3nc4ccccc4n3C)nc(N)nc2-c2ccc(F)cc2)cc(C(F)F)n1. The van der Waals surface area contributed by atoms with Crippen LogP contribution in [0.5, 0.6) is 5.88 Å². The van der Waals surface area contributed by atoms with Crippen LogP contribution in [0.2, 0.25) is 0 Å². The molecule has 0 saturated carbocycles. The number of para-hydroxylation sites is 2. The van der Waals surface area contributed by atoms with Crippen LogP contribution in [0.3, 0.4) is 0 Å². The molecule has 2 aromatic carbocycles. The molecule has 7 nitrogen and oxygen atoms in total. The van der Waals surface area contributed by atoms with E-state index in [1.807, 2.05) is 35.9 Å². The largest absolute Gasteiger partial charge is 0.469 e. The molecule has 0 amide bonds. The lowest BCUT2D eigenvalue weighted by molar-refractivity contribution is 0.146. The first-order valence-corrected chi connectivity index (χ1v) is 11.0. The Labute approximate surface area is 204 Å². The quantitative estimate of drug-likeness (QED) is 0.331. The van der Waals surface area contributed by atoms with Gasteiger partial charge in [0.1, 0.15) is 23.9 Å². The minimum absolute atomic E-state index is 0.0310. The second-order valence-electron chi connectivity index (χ2n) is 8.20. The lowest BCUT2D eigenvalue weighted by Gasteiger charge is -2.16. The van der Waals surface area contributed by atoms with E-state index in [0.717, 1.165) is 11.0 Å². The highest BCUT2D eigenvalue weighted by molar-refractivity contribution is 5.85. The number of halogens is 3. The highest BCUT2D eigenvalue weighted by Gasteiger charge is 2.22. The number of imidazole rings is 1. The Balaban J connectivity index is 1.66. The van der Waals surface area contributed by atoms with Gasteiger partial charge >= 0.3 is 0 Å². The minimum atomic E-state index is -2.78. The van der Waals surface area contributed by atoms with Crippen LogP contribution in [-0.4, -0.2) is 24.5 Å². The number of anilines is 1. The van der Waals surface area contributed by atoms with E-state index in [-0.39, 0.29) is 18.4 Å². The van der Waals surface area contributed by atoms with Gasteiger partial charge in [-0.3, -0.25) is 4.98 Å². The third-order valence-electron chi connectivity index (χ3n) is 5.71. The van der Waals surface area contributed by atoms with Gasteiger partial charge < -0.3 is 15.0 Å². The fourth-order valence-corrected chi connectivity index (χ4v) is 4.05. The lowest BCUT2D eigenvalue weighted by Crippen LogP contribution is -2.08. The first-order chi connectivity index (χ1) is 17.3. The Morgan fingerprint density at radius 1 is 0.944 bits per heavy atom. The van der Waals surface area contributed by atoms with Crippen molar-refractivity contribution in [1.82, 2.24) is 24.5 Å². The summed E-state index contributed by atoms with van der Waals surface area (Å²) in [5.74, 6) is 0.194. The molecule has 182 valence electrons. The van der Waals surface area contributed by atoms with Crippen molar-refractivity contribution in [2.75, 3.05) is 5.73 Å². The first-order valence-electron chi connectivity index (χ1n) is 11.0. The number of pyridine rings is 1. The molecule has 2 N–H and O–H groups in total. The topological polar surface area (TPSA) is 91.7 Å². The van der Waals surface area contributed by atoms with Crippen molar-refractivity contribution in [2.24, 2.45) is 7.05 Å². The van der Waals surface area contributed by atoms with Crippen LogP contribution in [0.25, 0.3) is 33.4 Å². The van der Waals surface area contributed by atoms with Gasteiger partial charge in [0.05, 0.1) is 22.3 Å². The lowest BCUT2D eigenvalue weighted by atomic mass is 9.99. The van der Waals surface area contributed by atoms with Crippen LogP contribution in [0.1, 0.15) is 23.6 Å². The molecule has 0 saturated heterocycles. The number of aromatic nitrogens is 5. The number of alkyl halides is 2. The molecular formula is C26H21F3N6O. The number of hydrogen-bond acceptors (Lipinski definition) is 6. The average Bonchev–Trinajstić information content (AvgIpc) is 3.18. The van der Waals surface area contributed by atoms with Crippen molar-refractivity contribution in [3.8, 4) is 28.3 Å². The third kappa shape index (κ3) is 4.45. The Bertz CT molecular complexity index is 1570. The summed E-state index contributed by atoms with van der Waals surface area (Å²) in [6.07, 6.45) is -2.78. The van der Waals surface area contributed by atoms with Gasteiger partial charge in [-0.25, -0.2) is 23.1 Å². The van der Waals surface area contributed by atoms with E-state index in [1.54, 1.807) is 13.0 Å². The molecule has 0 aliphatic rings. The fourth-order valence-electron chi connectivity index (χ4n) is 4.05. The molecule has 0 unspecified atom stereocenters. The van der Waals surface area contributed by atoms with Gasteiger partial charge in [0.2, 0.25) is 11.8 Å². The molecule has 0 fully saturated rings. The summed E-state index contributed by atoms with van der Waals surface area (Å²) in [7, 11) is 1.87. The highest BCUT2D eigenvalue weighted by Crippen LogP contribution is 2.39. The number of benzene rings is 2. The van der Waals surface area contributed by atoms with Crippen LogP contribution in [0.15, 0.2) is 60.7 Å². The smallest absolute Gasteiger partial charge is 0.280 e. The summed E-state index contributed by atoms with van der Waals surface area (Å²) in [6.45, 7) is 1.65. The maximum absolute atomic E-state index is 13.6. The maximum atomic E-state index is 13.6. The van der Waals surface area contributed by atoms with E-state index in [2.05, 4.69) is 19.9 Å². The molecule has 0 spiro atoms. The zero-order chi connectivity index (χ0) is 25.4. The van der Waals surface area contributed by atoms with Crippen LogP contribution in [0.4, 0.5) is 19.1 Å². The average molecular weight is 490 g/mol. The number of nitrogens with zero attached hydrogens (tertiary/aromatic N) is 5. The van der Waals surface area contributed by atoms with Crippen molar-refractivity contribution in [3.05, 3.63) is 83.7 Å². The Morgan fingerprint density at radius 3 is 2.42 bits per heavy atom. The molecule has 5 aromatic rings. The van der Waals surface area contributed by atoms with Crippen molar-refractivity contribution in [3.63, 3.8) is 0 Å². The zero-order valence-corrected chi connectivity index (χ0v) is 19.4. The standard InChI is InChI=1S/C26H21F3N6O/c1-14-11-16(12-19(31-14)24(28)29)22-23(15-7-9-17(27)10-8-15)33-26(30)34-25(22)36-13-21-32-18-5-3-4-6-20(18)35(21)2/h3-12,24H,13H2,1-2H3,(H2,30,33,34). The van der Waals surface area contributed by atoms with Gasteiger partial charge in [-0.05, 0) is 61.0 Å². The molecule has 0 aliphatic heterocycles. The van der Waals surface area contributed by atoms with Gasteiger partial charge in [0, 0.05) is 18.3 Å². The molecule has 0 bridgehead atoms. The molecule has 5 rings (SSSR count). The third-order valence-corrected chi connectivity index (χ3v) is 5.71. The van der Waals surface area contributed by atoms with E-state index in [1.165, 1.54) is 30.3 Å². The fraction of sp³-hybridized carbons (Fsp3) is 0.154. The maximum Gasteiger partial charge on any atom is 0.280 e. The monoisotopic (exact) mass is 490 g/mol. The summed E-state index contributed by atoms with van der Waals surface area (Å²) in [6, 6.07) is 16.2. The molecule has 0 aliphatic carbocycles. The first kappa shape index (κ1) is 23.3. The van der Waals surface area contributed by atoms with E-state index in [4.69, 9.17) is 10.5 Å². The normalized spacial score (nSPS) is 11.4. The summed E-state index contributed by atoms with van der Waals surface area (Å²) < 4.78 is 48.8. The predicted molar refractivity (Wildman–Crippen MR) is 130 cm³/mol. The zero-order valence-electron chi connectivity index (χ0n) is 19.4. The number of ether oxygens (including phenoxy) is 1. The summed E-state index contributed by atoms with van der Waals surface area (Å²) in [5, 5.41) is 0. The number of aryl methyl sites for hydroxylation is 2. The van der Waals surface area contributed by atoms with E-state index in [9.17, 15) is 13.2 Å². The molecule has 3 heterocycles. The van der Waals surface area contributed by atoms with Gasteiger partial charge in [0.25, 0.3) is 6.43 Å². The van der Waals surface area contributed by atoms with Crippen LogP contribution in [0, 0.1) is 12.7 Å². The second kappa shape index (κ2) is 9.29. The van der Waals surface area contributed by atoms with Gasteiger partial charge in [-0.15, -0.1) is 0 Å². The van der Waals surface area contributed by atoms with Crippen molar-refractivity contribution < 1.29 is 17.9 Å². The number of hydrogen-bond donors (Lipinski definition) is 1. The number of nitrogen functional groups attached to an aromatic ring is 1. The molecule has 10 heteroatoms. The molecule has 0 radical (unpaired) electrons. The van der Waals surface area contributed by atoms with Gasteiger partial charge in [-0.1, -0.05) is 12.1 Å². The molecule has 3 aromatic heterocycles. The van der Waals surface area contributed by atoms with Crippen molar-refractivity contribution >= 4 is 17.0 Å². The molecular weight excluding hydrogens is 469 g/mol.